The van der Waals surface area contributed by atoms with Crippen molar-refractivity contribution >= 4 is 43.3 Å². The minimum absolute atomic E-state index is 0.100. The van der Waals surface area contributed by atoms with Crippen molar-refractivity contribution in [2.45, 2.75) is 82.4 Å². The topological polar surface area (TPSA) is 88.1 Å². The van der Waals surface area contributed by atoms with Gasteiger partial charge in [-0.05, 0) is 81.1 Å². The van der Waals surface area contributed by atoms with Crippen LogP contribution in [0.15, 0.2) is 63.0 Å². The van der Waals surface area contributed by atoms with E-state index in [0.29, 0.717) is 18.0 Å². The molecule has 0 spiro atoms. The Morgan fingerprint density at radius 1 is 0.892 bits per heavy atom. The highest BCUT2D eigenvalue weighted by Crippen LogP contribution is 2.26. The van der Waals surface area contributed by atoms with Crippen LogP contribution in [-0.4, -0.2) is 33.2 Å². The van der Waals surface area contributed by atoms with Gasteiger partial charge in [-0.25, -0.2) is 13.8 Å². The Bertz CT molecular complexity index is 1110. The molecular formula is C28H38BrN3O4S. The summed E-state index contributed by atoms with van der Waals surface area (Å²) in [4.78, 5) is 13.1. The molecule has 1 saturated carbocycles. The number of nitrogens with zero attached hydrogens (tertiary/aromatic N) is 2. The highest BCUT2D eigenvalue weighted by Gasteiger charge is 2.27. The second kappa shape index (κ2) is 15.1. The highest BCUT2D eigenvalue weighted by molar-refractivity contribution is 9.10. The van der Waals surface area contributed by atoms with Crippen LogP contribution in [-0.2, 0) is 14.8 Å². The largest absolute Gasteiger partial charge is 0.494 e. The third-order valence-corrected chi connectivity index (χ3v) is 8.71. The van der Waals surface area contributed by atoms with Crippen molar-refractivity contribution in [2.75, 3.05) is 17.5 Å². The van der Waals surface area contributed by atoms with Gasteiger partial charge in [0.2, 0.25) is 0 Å². The Morgan fingerprint density at radius 3 is 1.97 bits per heavy atom. The molecule has 1 aliphatic rings. The lowest BCUT2D eigenvalue weighted by Crippen LogP contribution is -2.39. The van der Waals surface area contributed by atoms with Crippen LogP contribution in [0.5, 0.6) is 5.75 Å². The van der Waals surface area contributed by atoms with Gasteiger partial charge in [-0.3, -0.25) is 9.10 Å². The van der Waals surface area contributed by atoms with Gasteiger partial charge in [0.25, 0.3) is 15.9 Å². The van der Waals surface area contributed by atoms with Gasteiger partial charge >= 0.3 is 0 Å². The molecule has 1 amide bonds. The van der Waals surface area contributed by atoms with Crippen LogP contribution in [0, 0.1) is 0 Å². The molecule has 0 radical (unpaired) electrons. The summed E-state index contributed by atoms with van der Waals surface area (Å²) in [6, 6.07) is 13.1. The first-order valence-corrected chi connectivity index (χ1v) is 15.5. The third-order valence-electron chi connectivity index (χ3n) is 6.39. The van der Waals surface area contributed by atoms with E-state index in [1.54, 1.807) is 36.4 Å². The first-order chi connectivity index (χ1) is 17.9. The molecule has 37 heavy (non-hydrogen) atoms. The van der Waals surface area contributed by atoms with Gasteiger partial charge in [0.1, 0.15) is 12.3 Å². The average molecular weight is 593 g/mol. The normalized spacial score (nSPS) is 15.7. The van der Waals surface area contributed by atoms with Crippen molar-refractivity contribution in [1.82, 2.24) is 5.43 Å². The summed E-state index contributed by atoms with van der Waals surface area (Å²) in [5, 5.41) is 4.43. The van der Waals surface area contributed by atoms with Crippen molar-refractivity contribution < 1.29 is 17.9 Å². The first-order valence-electron chi connectivity index (χ1n) is 13.3. The van der Waals surface area contributed by atoms with Gasteiger partial charge in [0.05, 0.1) is 17.2 Å². The maximum atomic E-state index is 13.6. The molecule has 0 unspecified atom stereocenters. The lowest BCUT2D eigenvalue weighted by molar-refractivity contribution is -0.119. The number of sulfonamides is 1. The fraction of sp³-hybridized carbons (Fsp3) is 0.500. The van der Waals surface area contributed by atoms with Gasteiger partial charge in [-0.1, -0.05) is 60.9 Å². The molecular weight excluding hydrogens is 554 g/mol. The molecule has 2 aromatic carbocycles. The number of benzene rings is 2. The number of anilines is 1. The van der Waals surface area contributed by atoms with E-state index in [4.69, 9.17) is 4.74 Å². The molecule has 3 rings (SSSR count). The zero-order valence-electron chi connectivity index (χ0n) is 21.6. The van der Waals surface area contributed by atoms with Crippen LogP contribution in [0.1, 0.15) is 77.6 Å². The number of hydrogen-bond donors (Lipinski definition) is 1. The number of hydrazone groups is 1. The van der Waals surface area contributed by atoms with E-state index >= 15 is 0 Å². The lowest BCUT2D eigenvalue weighted by atomic mass is 10.00. The predicted molar refractivity (Wildman–Crippen MR) is 153 cm³/mol. The maximum Gasteiger partial charge on any atom is 0.264 e. The zero-order chi connectivity index (χ0) is 26.5. The number of carbonyl (C=O) groups is 1. The second-order valence-corrected chi connectivity index (χ2v) is 12.1. The summed E-state index contributed by atoms with van der Waals surface area (Å²) in [5.74, 6) is 0.152. The number of hydrogen-bond acceptors (Lipinski definition) is 5. The third kappa shape index (κ3) is 9.45. The van der Waals surface area contributed by atoms with Crippen LogP contribution in [0.3, 0.4) is 0 Å². The van der Waals surface area contributed by atoms with Gasteiger partial charge in [-0.2, -0.15) is 5.10 Å². The molecule has 0 bridgehead atoms. The zero-order valence-corrected chi connectivity index (χ0v) is 24.0. The molecule has 0 aromatic heterocycles. The minimum Gasteiger partial charge on any atom is -0.494 e. The fourth-order valence-electron chi connectivity index (χ4n) is 4.36. The van der Waals surface area contributed by atoms with Crippen LogP contribution in [0.4, 0.5) is 5.69 Å². The SMILES string of the molecule is CCOc1ccc(N(CC(=O)NN=C2CCCCCCCCCCC2)S(=O)(=O)c2ccc(Br)cc2)cc1. The molecule has 1 aliphatic carbocycles. The summed E-state index contributed by atoms with van der Waals surface area (Å²) in [6.07, 6.45) is 12.6. The van der Waals surface area contributed by atoms with Crippen molar-refractivity contribution in [3.8, 4) is 5.75 Å². The van der Waals surface area contributed by atoms with Crippen LogP contribution in [0.25, 0.3) is 0 Å². The molecule has 202 valence electrons. The average Bonchev–Trinajstić information content (AvgIpc) is 2.88. The van der Waals surface area contributed by atoms with Crippen LogP contribution >= 0.6 is 15.9 Å². The molecule has 9 heteroatoms. The Kier molecular flexibility index (Phi) is 11.9. The van der Waals surface area contributed by atoms with E-state index < -0.39 is 15.9 Å². The molecule has 0 atom stereocenters. The number of halogens is 1. The second-order valence-electron chi connectivity index (χ2n) is 9.29. The summed E-state index contributed by atoms with van der Waals surface area (Å²) >= 11 is 3.34. The highest BCUT2D eigenvalue weighted by atomic mass is 79.9. The van der Waals surface area contributed by atoms with Crippen molar-refractivity contribution in [2.24, 2.45) is 5.10 Å². The lowest BCUT2D eigenvalue weighted by Gasteiger charge is -2.24. The van der Waals surface area contributed by atoms with E-state index in [-0.39, 0.29) is 11.4 Å². The molecule has 0 aliphatic heterocycles. The maximum absolute atomic E-state index is 13.6. The Hall–Kier alpha value is -2.39. The number of amides is 1. The van der Waals surface area contributed by atoms with E-state index in [1.807, 2.05) is 6.92 Å². The van der Waals surface area contributed by atoms with Crippen LogP contribution < -0.4 is 14.5 Å². The summed E-state index contributed by atoms with van der Waals surface area (Å²) in [7, 11) is -4.00. The van der Waals surface area contributed by atoms with Crippen molar-refractivity contribution in [3.63, 3.8) is 0 Å². The smallest absolute Gasteiger partial charge is 0.264 e. The van der Waals surface area contributed by atoms with Crippen molar-refractivity contribution in [3.05, 3.63) is 53.0 Å². The summed E-state index contributed by atoms with van der Waals surface area (Å²) in [5.41, 5.74) is 4.00. The van der Waals surface area contributed by atoms with Gasteiger partial charge < -0.3 is 4.74 Å². The van der Waals surface area contributed by atoms with Gasteiger partial charge in [0.15, 0.2) is 0 Å². The van der Waals surface area contributed by atoms with E-state index in [2.05, 4.69) is 26.5 Å². The number of rotatable bonds is 8. The molecule has 7 nitrogen and oxygen atoms in total. The van der Waals surface area contributed by atoms with E-state index in [9.17, 15) is 13.2 Å². The first kappa shape index (κ1) is 29.2. The molecule has 2 aromatic rings. The van der Waals surface area contributed by atoms with E-state index in [1.165, 1.54) is 57.1 Å². The Morgan fingerprint density at radius 2 is 1.43 bits per heavy atom. The Labute approximate surface area is 229 Å². The van der Waals surface area contributed by atoms with Crippen molar-refractivity contribution in [1.29, 1.82) is 0 Å². The molecule has 1 fully saturated rings. The molecule has 1 N–H and O–H groups in total. The summed E-state index contributed by atoms with van der Waals surface area (Å²) in [6.45, 7) is 2.00. The monoisotopic (exact) mass is 591 g/mol. The predicted octanol–water partition coefficient (Wildman–Crippen LogP) is 6.82. The Balaban J connectivity index is 1.77. The number of carbonyl (C=O) groups excluding carboxylic acids is 1. The number of nitrogens with one attached hydrogen (secondary N) is 1. The summed E-state index contributed by atoms with van der Waals surface area (Å²) < 4.78 is 34.5. The molecule has 0 saturated heterocycles. The fourth-order valence-corrected chi connectivity index (χ4v) is 6.05. The van der Waals surface area contributed by atoms with Gasteiger partial charge in [0, 0.05) is 10.2 Å². The quantitative estimate of drug-likeness (QED) is 0.341. The van der Waals surface area contributed by atoms with E-state index in [0.717, 1.165) is 40.2 Å². The number of ether oxygens (including phenoxy) is 1. The standard InChI is InChI=1S/C28H38BrN3O4S/c1-2-36-26-18-16-25(17-19-26)32(37(34,35)27-20-14-23(29)15-21-27)22-28(33)31-30-24-12-10-8-6-4-3-5-7-9-11-13-24/h14-21H,2-13,22H2,1H3,(H,31,33). The van der Waals surface area contributed by atoms with Gasteiger partial charge in [-0.15, -0.1) is 0 Å². The minimum atomic E-state index is -4.00. The van der Waals surface area contributed by atoms with Crippen LogP contribution in [0.2, 0.25) is 0 Å². The molecule has 0 heterocycles.